The summed E-state index contributed by atoms with van der Waals surface area (Å²) in [6.45, 7) is 0.332. The topological polar surface area (TPSA) is 101 Å². The number of nitro groups is 1. The first-order valence-corrected chi connectivity index (χ1v) is 9.76. The molecular formula is C17H16ClN3O5S. The van der Waals surface area contributed by atoms with Gasteiger partial charge in [-0.05, 0) is 36.2 Å². The maximum absolute atomic E-state index is 12.9. The SMILES string of the molecule is CN(C)S(=O)(=O)c1ccc2c(c1)CCN2C(=O)c1cc([N+](=O)[O-])ccc1Cl. The summed E-state index contributed by atoms with van der Waals surface area (Å²) < 4.78 is 25.7. The summed E-state index contributed by atoms with van der Waals surface area (Å²) in [6.07, 6.45) is 0.477. The lowest BCUT2D eigenvalue weighted by Crippen LogP contribution is -2.29. The van der Waals surface area contributed by atoms with Gasteiger partial charge in [0.25, 0.3) is 11.6 Å². The number of carbonyl (C=O) groups is 1. The van der Waals surface area contributed by atoms with Gasteiger partial charge in [0.05, 0.1) is 20.4 Å². The monoisotopic (exact) mass is 409 g/mol. The van der Waals surface area contributed by atoms with Crippen molar-refractivity contribution in [3.8, 4) is 0 Å². The van der Waals surface area contributed by atoms with E-state index in [4.69, 9.17) is 11.6 Å². The molecule has 0 unspecified atom stereocenters. The van der Waals surface area contributed by atoms with Crippen LogP contribution in [0.1, 0.15) is 15.9 Å². The van der Waals surface area contributed by atoms with Gasteiger partial charge in [0.1, 0.15) is 0 Å². The number of benzene rings is 2. The van der Waals surface area contributed by atoms with Gasteiger partial charge in [-0.1, -0.05) is 11.6 Å². The molecule has 0 fully saturated rings. The Morgan fingerprint density at radius 3 is 2.56 bits per heavy atom. The summed E-state index contributed by atoms with van der Waals surface area (Å²) in [4.78, 5) is 24.9. The molecule has 0 bridgehead atoms. The number of amides is 1. The van der Waals surface area contributed by atoms with Crippen molar-refractivity contribution in [1.29, 1.82) is 0 Å². The largest absolute Gasteiger partial charge is 0.308 e. The van der Waals surface area contributed by atoms with Crippen LogP contribution in [0.25, 0.3) is 0 Å². The molecular weight excluding hydrogens is 394 g/mol. The fourth-order valence-corrected chi connectivity index (χ4v) is 4.05. The van der Waals surface area contributed by atoms with Crippen molar-refractivity contribution < 1.29 is 18.1 Å². The van der Waals surface area contributed by atoms with Crippen LogP contribution in [0.4, 0.5) is 11.4 Å². The van der Waals surface area contributed by atoms with Gasteiger partial charge in [-0.25, -0.2) is 12.7 Å². The lowest BCUT2D eigenvalue weighted by molar-refractivity contribution is -0.384. The molecule has 10 heteroatoms. The summed E-state index contributed by atoms with van der Waals surface area (Å²) in [5.41, 5.74) is 1.09. The second-order valence-electron chi connectivity index (χ2n) is 6.21. The lowest BCUT2D eigenvalue weighted by atomic mass is 10.1. The molecule has 1 heterocycles. The highest BCUT2D eigenvalue weighted by atomic mass is 35.5. The highest BCUT2D eigenvalue weighted by Crippen LogP contribution is 2.33. The molecule has 2 aromatic rings. The number of nitro benzene ring substituents is 1. The van der Waals surface area contributed by atoms with Crippen LogP contribution in [-0.4, -0.2) is 44.2 Å². The van der Waals surface area contributed by atoms with Crippen LogP contribution in [0.3, 0.4) is 0 Å². The van der Waals surface area contributed by atoms with E-state index in [1.165, 1.54) is 37.2 Å². The molecule has 1 amide bonds. The number of rotatable bonds is 4. The molecule has 0 atom stereocenters. The van der Waals surface area contributed by atoms with Crippen LogP contribution in [0.2, 0.25) is 5.02 Å². The average molecular weight is 410 g/mol. The zero-order valence-corrected chi connectivity index (χ0v) is 16.1. The molecule has 0 spiro atoms. The van der Waals surface area contributed by atoms with Gasteiger partial charge < -0.3 is 4.90 Å². The summed E-state index contributed by atoms with van der Waals surface area (Å²) in [6, 6.07) is 8.25. The minimum absolute atomic E-state index is 0.0312. The van der Waals surface area contributed by atoms with E-state index >= 15 is 0 Å². The third-order valence-corrected chi connectivity index (χ3v) is 6.50. The van der Waals surface area contributed by atoms with Crippen LogP contribution < -0.4 is 4.90 Å². The third kappa shape index (κ3) is 3.41. The molecule has 0 saturated carbocycles. The maximum Gasteiger partial charge on any atom is 0.270 e. The maximum atomic E-state index is 12.9. The summed E-state index contributed by atoms with van der Waals surface area (Å²) in [7, 11) is -0.682. The van der Waals surface area contributed by atoms with Crippen LogP contribution in [0.15, 0.2) is 41.3 Å². The van der Waals surface area contributed by atoms with Gasteiger partial charge in [-0.3, -0.25) is 14.9 Å². The second-order valence-corrected chi connectivity index (χ2v) is 8.77. The number of hydrogen-bond acceptors (Lipinski definition) is 5. The number of nitrogens with zero attached hydrogens (tertiary/aromatic N) is 3. The van der Waals surface area contributed by atoms with Crippen LogP contribution in [-0.2, 0) is 16.4 Å². The molecule has 0 radical (unpaired) electrons. The first-order chi connectivity index (χ1) is 12.6. The van der Waals surface area contributed by atoms with Crippen molar-refractivity contribution in [3.05, 3.63) is 62.7 Å². The average Bonchev–Trinajstić information content (AvgIpc) is 3.04. The van der Waals surface area contributed by atoms with Crippen molar-refractivity contribution >= 4 is 38.9 Å². The zero-order chi connectivity index (χ0) is 19.9. The Kier molecular flexibility index (Phi) is 4.94. The Bertz CT molecular complexity index is 1050. The van der Waals surface area contributed by atoms with E-state index in [-0.39, 0.29) is 21.2 Å². The number of carbonyl (C=O) groups excluding carboxylic acids is 1. The molecule has 8 nitrogen and oxygen atoms in total. The molecule has 0 saturated heterocycles. The summed E-state index contributed by atoms with van der Waals surface area (Å²) in [5, 5.41) is 11.1. The predicted octanol–water partition coefficient (Wildman–Crippen LogP) is 2.70. The van der Waals surface area contributed by atoms with E-state index in [1.54, 1.807) is 12.1 Å². The van der Waals surface area contributed by atoms with Crippen molar-refractivity contribution in [2.24, 2.45) is 0 Å². The van der Waals surface area contributed by atoms with Crippen LogP contribution in [0.5, 0.6) is 0 Å². The van der Waals surface area contributed by atoms with Crippen LogP contribution in [0, 0.1) is 10.1 Å². The van der Waals surface area contributed by atoms with E-state index in [2.05, 4.69) is 0 Å². The molecule has 0 N–H and O–H groups in total. The molecule has 142 valence electrons. The van der Waals surface area contributed by atoms with E-state index in [1.807, 2.05) is 0 Å². The van der Waals surface area contributed by atoms with Gasteiger partial charge in [0, 0.05) is 38.5 Å². The minimum atomic E-state index is -3.58. The smallest absolute Gasteiger partial charge is 0.270 e. The van der Waals surface area contributed by atoms with E-state index in [0.29, 0.717) is 24.2 Å². The van der Waals surface area contributed by atoms with E-state index in [0.717, 1.165) is 10.4 Å². The highest BCUT2D eigenvalue weighted by molar-refractivity contribution is 7.89. The number of fused-ring (bicyclic) bond motifs is 1. The normalized spacial score (nSPS) is 13.7. The predicted molar refractivity (Wildman–Crippen MR) is 101 cm³/mol. The standard InChI is InChI=1S/C17H16ClN3O5S/c1-19(2)27(25,26)13-4-6-16-11(9-13)7-8-20(16)17(22)14-10-12(21(23)24)3-5-15(14)18/h3-6,9-10H,7-8H2,1-2H3. The molecule has 1 aliphatic heterocycles. The van der Waals surface area contributed by atoms with E-state index in [9.17, 15) is 23.3 Å². The van der Waals surface area contributed by atoms with Crippen molar-refractivity contribution in [2.75, 3.05) is 25.5 Å². The molecule has 3 rings (SSSR count). The Labute approximate surface area is 161 Å². The van der Waals surface area contributed by atoms with E-state index < -0.39 is 20.9 Å². The highest BCUT2D eigenvalue weighted by Gasteiger charge is 2.29. The zero-order valence-electron chi connectivity index (χ0n) is 14.5. The Balaban J connectivity index is 1.98. The molecule has 0 aromatic heterocycles. The summed E-state index contributed by atoms with van der Waals surface area (Å²) in [5.74, 6) is -0.467. The van der Waals surface area contributed by atoms with Crippen molar-refractivity contribution in [1.82, 2.24) is 4.31 Å². The van der Waals surface area contributed by atoms with Crippen molar-refractivity contribution in [3.63, 3.8) is 0 Å². The molecule has 1 aliphatic rings. The summed E-state index contributed by atoms with van der Waals surface area (Å²) >= 11 is 6.07. The second kappa shape index (κ2) is 6.91. The lowest BCUT2D eigenvalue weighted by Gasteiger charge is -2.19. The van der Waals surface area contributed by atoms with Crippen LogP contribution >= 0.6 is 11.6 Å². The Morgan fingerprint density at radius 1 is 1.22 bits per heavy atom. The third-order valence-electron chi connectivity index (χ3n) is 4.36. The fraction of sp³-hybridized carbons (Fsp3) is 0.235. The fourth-order valence-electron chi connectivity index (χ4n) is 2.90. The van der Waals surface area contributed by atoms with Gasteiger partial charge in [-0.2, -0.15) is 0 Å². The number of hydrogen-bond donors (Lipinski definition) is 0. The van der Waals surface area contributed by atoms with Gasteiger partial charge in [0.2, 0.25) is 10.0 Å². The number of non-ortho nitro benzene ring substituents is 1. The first-order valence-electron chi connectivity index (χ1n) is 7.94. The number of anilines is 1. The Morgan fingerprint density at radius 2 is 1.93 bits per heavy atom. The van der Waals surface area contributed by atoms with Gasteiger partial charge in [-0.15, -0.1) is 0 Å². The minimum Gasteiger partial charge on any atom is -0.308 e. The Hall–Kier alpha value is -2.49. The molecule has 0 aliphatic carbocycles. The molecule has 27 heavy (non-hydrogen) atoms. The number of sulfonamides is 1. The van der Waals surface area contributed by atoms with Gasteiger partial charge >= 0.3 is 0 Å². The first kappa shape index (κ1) is 19.3. The number of halogens is 1. The van der Waals surface area contributed by atoms with Crippen molar-refractivity contribution in [2.45, 2.75) is 11.3 Å². The van der Waals surface area contributed by atoms with Gasteiger partial charge in [0.15, 0.2) is 0 Å². The quantitative estimate of drug-likeness (QED) is 0.570. The molecule has 2 aromatic carbocycles.